The van der Waals surface area contributed by atoms with Crippen LogP contribution in [0.25, 0.3) is 0 Å². The zero-order valence-corrected chi connectivity index (χ0v) is 13.8. The van der Waals surface area contributed by atoms with Gasteiger partial charge in [0.15, 0.2) is 5.69 Å². The lowest BCUT2D eigenvalue weighted by Crippen LogP contribution is -2.37. The molecular formula is C15H19F3N6O. The van der Waals surface area contributed by atoms with Crippen LogP contribution >= 0.6 is 0 Å². The van der Waals surface area contributed by atoms with E-state index in [-0.39, 0.29) is 12.5 Å². The minimum Gasteiger partial charge on any atom is -0.297 e. The normalized spacial score (nSPS) is 17.1. The number of halogens is 3. The predicted molar refractivity (Wildman–Crippen MR) is 82.5 cm³/mol. The highest BCUT2D eigenvalue weighted by molar-refractivity contribution is 5.04. The molecule has 0 aliphatic carbocycles. The van der Waals surface area contributed by atoms with Crippen LogP contribution in [0.2, 0.25) is 0 Å². The second-order valence-electron chi connectivity index (χ2n) is 6.34. The number of alkyl halides is 3. The maximum atomic E-state index is 12.7. The van der Waals surface area contributed by atoms with Crippen LogP contribution in [-0.4, -0.2) is 42.8 Å². The van der Waals surface area contributed by atoms with Crippen molar-refractivity contribution in [2.45, 2.75) is 32.1 Å². The Hall–Kier alpha value is -2.23. The molecule has 25 heavy (non-hydrogen) atoms. The van der Waals surface area contributed by atoms with Crippen molar-refractivity contribution >= 4 is 0 Å². The summed E-state index contributed by atoms with van der Waals surface area (Å²) in [4.78, 5) is 14.0. The summed E-state index contributed by atoms with van der Waals surface area (Å²) in [5, 5.41) is 11.4. The van der Waals surface area contributed by atoms with Crippen LogP contribution in [0, 0.1) is 5.92 Å². The van der Waals surface area contributed by atoms with E-state index in [0.29, 0.717) is 6.54 Å². The number of aromatic nitrogens is 5. The van der Waals surface area contributed by atoms with Gasteiger partial charge in [-0.25, -0.2) is 4.68 Å². The van der Waals surface area contributed by atoms with Crippen LogP contribution in [0.1, 0.15) is 24.2 Å². The Labute approximate surface area is 142 Å². The van der Waals surface area contributed by atoms with Crippen molar-refractivity contribution in [1.29, 1.82) is 0 Å². The zero-order valence-electron chi connectivity index (χ0n) is 13.8. The summed E-state index contributed by atoms with van der Waals surface area (Å²) >= 11 is 0. The Morgan fingerprint density at radius 1 is 1.24 bits per heavy atom. The van der Waals surface area contributed by atoms with Gasteiger partial charge in [0.05, 0.1) is 5.69 Å². The van der Waals surface area contributed by atoms with Gasteiger partial charge in [-0.05, 0) is 37.9 Å². The minimum absolute atomic E-state index is 0.131. The molecule has 0 spiro atoms. The van der Waals surface area contributed by atoms with Crippen molar-refractivity contribution in [2.75, 3.05) is 13.1 Å². The summed E-state index contributed by atoms with van der Waals surface area (Å²) in [6.45, 7) is 2.51. The van der Waals surface area contributed by atoms with Gasteiger partial charge < -0.3 is 0 Å². The highest BCUT2D eigenvalue weighted by atomic mass is 19.4. The lowest BCUT2D eigenvalue weighted by molar-refractivity contribution is -0.142. The quantitative estimate of drug-likeness (QED) is 0.826. The van der Waals surface area contributed by atoms with Crippen molar-refractivity contribution < 1.29 is 13.2 Å². The molecular weight excluding hydrogens is 337 g/mol. The van der Waals surface area contributed by atoms with Crippen LogP contribution in [0.4, 0.5) is 13.2 Å². The number of hydrogen-bond donors (Lipinski definition) is 0. The van der Waals surface area contributed by atoms with Gasteiger partial charge in [-0.2, -0.15) is 18.3 Å². The number of nitrogens with zero attached hydrogens (tertiary/aromatic N) is 6. The van der Waals surface area contributed by atoms with Gasteiger partial charge in [-0.15, -0.1) is 5.10 Å². The molecule has 0 saturated carbocycles. The summed E-state index contributed by atoms with van der Waals surface area (Å²) in [6.07, 6.45) is -1.09. The molecule has 2 aromatic heterocycles. The van der Waals surface area contributed by atoms with Crippen LogP contribution in [0.15, 0.2) is 23.1 Å². The van der Waals surface area contributed by atoms with E-state index in [2.05, 4.69) is 20.3 Å². The Morgan fingerprint density at radius 2 is 1.96 bits per heavy atom. The van der Waals surface area contributed by atoms with E-state index in [4.69, 9.17) is 0 Å². The first kappa shape index (κ1) is 17.6. The fraction of sp³-hybridized carbons (Fsp3) is 0.600. The topological polar surface area (TPSA) is 68.8 Å². The van der Waals surface area contributed by atoms with E-state index < -0.39 is 17.4 Å². The molecule has 0 aromatic carbocycles. The summed E-state index contributed by atoms with van der Waals surface area (Å²) in [7, 11) is 1.81. The SMILES string of the molecule is Cn1cc(CN2CCC(Cn3nc(C(F)(F)F)ccc3=O)CC2)nn1. The molecule has 0 bridgehead atoms. The van der Waals surface area contributed by atoms with Gasteiger partial charge in [-0.1, -0.05) is 5.21 Å². The summed E-state index contributed by atoms with van der Waals surface area (Å²) < 4.78 is 40.8. The van der Waals surface area contributed by atoms with E-state index >= 15 is 0 Å². The maximum absolute atomic E-state index is 12.7. The van der Waals surface area contributed by atoms with E-state index in [9.17, 15) is 18.0 Å². The molecule has 1 aliphatic heterocycles. The van der Waals surface area contributed by atoms with Crippen molar-refractivity contribution in [3.8, 4) is 0 Å². The number of likely N-dealkylation sites (tertiary alicyclic amines) is 1. The fourth-order valence-corrected chi connectivity index (χ4v) is 3.00. The van der Waals surface area contributed by atoms with Crippen LogP contribution in [0.3, 0.4) is 0 Å². The van der Waals surface area contributed by atoms with Crippen LogP contribution in [-0.2, 0) is 26.3 Å². The maximum Gasteiger partial charge on any atom is 0.435 e. The number of aryl methyl sites for hydroxylation is 1. The molecule has 10 heteroatoms. The molecule has 3 rings (SSSR count). The number of hydrogen-bond acceptors (Lipinski definition) is 5. The third-order valence-electron chi connectivity index (χ3n) is 4.33. The molecule has 136 valence electrons. The molecule has 0 amide bonds. The molecule has 1 aliphatic rings. The first-order valence-corrected chi connectivity index (χ1v) is 8.04. The van der Waals surface area contributed by atoms with Gasteiger partial charge in [0.2, 0.25) is 0 Å². The molecule has 0 radical (unpaired) electrons. The van der Waals surface area contributed by atoms with Crippen LogP contribution < -0.4 is 5.56 Å². The van der Waals surface area contributed by atoms with Gasteiger partial charge in [0.1, 0.15) is 0 Å². The Bertz CT molecular complexity index is 776. The first-order valence-electron chi connectivity index (χ1n) is 8.04. The van der Waals surface area contributed by atoms with Crippen molar-refractivity contribution in [2.24, 2.45) is 13.0 Å². The molecule has 1 saturated heterocycles. The molecule has 0 atom stereocenters. The summed E-state index contributed by atoms with van der Waals surface area (Å²) in [6, 6.07) is 1.65. The average Bonchev–Trinajstić information content (AvgIpc) is 2.95. The van der Waals surface area contributed by atoms with E-state index in [0.717, 1.165) is 48.4 Å². The first-order chi connectivity index (χ1) is 11.8. The number of rotatable bonds is 4. The molecule has 2 aromatic rings. The molecule has 3 heterocycles. The van der Waals surface area contributed by atoms with E-state index in [1.54, 1.807) is 4.68 Å². The molecule has 1 fully saturated rings. The largest absolute Gasteiger partial charge is 0.435 e. The highest BCUT2D eigenvalue weighted by Crippen LogP contribution is 2.26. The van der Waals surface area contributed by atoms with Gasteiger partial charge in [0, 0.05) is 32.4 Å². The van der Waals surface area contributed by atoms with Crippen molar-refractivity contribution in [1.82, 2.24) is 29.7 Å². The van der Waals surface area contributed by atoms with Gasteiger partial charge in [-0.3, -0.25) is 14.4 Å². The predicted octanol–water partition coefficient (Wildman–Crippen LogP) is 1.30. The third-order valence-corrected chi connectivity index (χ3v) is 4.33. The average molecular weight is 356 g/mol. The molecule has 0 unspecified atom stereocenters. The fourth-order valence-electron chi connectivity index (χ4n) is 3.00. The second-order valence-corrected chi connectivity index (χ2v) is 6.34. The summed E-state index contributed by atoms with van der Waals surface area (Å²) in [5.41, 5.74) is -0.654. The van der Waals surface area contributed by atoms with E-state index in [1.165, 1.54) is 0 Å². The number of piperidine rings is 1. The van der Waals surface area contributed by atoms with E-state index in [1.807, 2.05) is 13.2 Å². The lowest BCUT2D eigenvalue weighted by atomic mass is 9.97. The van der Waals surface area contributed by atoms with Crippen molar-refractivity contribution in [3.05, 3.63) is 40.1 Å². The van der Waals surface area contributed by atoms with Gasteiger partial charge >= 0.3 is 6.18 Å². The second kappa shape index (κ2) is 6.95. The highest BCUT2D eigenvalue weighted by Gasteiger charge is 2.33. The Kier molecular flexibility index (Phi) is 4.89. The minimum atomic E-state index is -4.55. The van der Waals surface area contributed by atoms with Crippen molar-refractivity contribution in [3.63, 3.8) is 0 Å². The summed E-state index contributed by atoms with van der Waals surface area (Å²) in [5.74, 6) is 0.131. The zero-order chi connectivity index (χ0) is 18.0. The molecule has 0 N–H and O–H groups in total. The Morgan fingerprint density at radius 3 is 2.56 bits per heavy atom. The van der Waals surface area contributed by atoms with Crippen LogP contribution in [0.5, 0.6) is 0 Å². The standard InChI is InChI=1S/C15H19F3N6O/c1-22-9-12(19-21-22)10-23-6-4-11(5-7-23)8-24-14(25)3-2-13(20-24)15(16,17)18/h2-3,9,11H,4-8,10H2,1H3. The molecule has 7 nitrogen and oxygen atoms in total. The third kappa shape index (κ3) is 4.44. The van der Waals surface area contributed by atoms with Gasteiger partial charge in [0.25, 0.3) is 5.56 Å². The monoisotopic (exact) mass is 356 g/mol. The lowest BCUT2D eigenvalue weighted by Gasteiger charge is -2.31. The Balaban J connectivity index is 1.58. The smallest absolute Gasteiger partial charge is 0.297 e.